The summed E-state index contributed by atoms with van der Waals surface area (Å²) in [5, 5.41) is 0. The average Bonchev–Trinajstić information content (AvgIpc) is 2.87. The quantitative estimate of drug-likeness (QED) is 0.308. The van der Waals surface area contributed by atoms with Crippen LogP contribution in [0.3, 0.4) is 0 Å². The summed E-state index contributed by atoms with van der Waals surface area (Å²) in [6.07, 6.45) is 2.60. The van der Waals surface area contributed by atoms with E-state index in [4.69, 9.17) is 18.9 Å². The van der Waals surface area contributed by atoms with Crippen LogP contribution < -0.4 is 0 Å². The van der Waals surface area contributed by atoms with Crippen LogP contribution in [0.25, 0.3) is 0 Å². The molecule has 0 radical (unpaired) electrons. The molecule has 0 N–H and O–H groups in total. The molecular formula is C16H25NO6. The van der Waals surface area contributed by atoms with Crippen molar-refractivity contribution >= 4 is 12.1 Å². The lowest BCUT2D eigenvalue weighted by Crippen LogP contribution is -2.43. The molecule has 7 nitrogen and oxygen atoms in total. The van der Waals surface area contributed by atoms with Gasteiger partial charge in [-0.3, -0.25) is 4.90 Å². The van der Waals surface area contributed by atoms with Gasteiger partial charge in [-0.25, -0.2) is 9.59 Å². The number of esters is 1. The van der Waals surface area contributed by atoms with Crippen molar-refractivity contribution in [3.05, 3.63) is 24.3 Å². The monoisotopic (exact) mass is 327 g/mol. The summed E-state index contributed by atoms with van der Waals surface area (Å²) in [6, 6.07) is -0.572. The molecule has 130 valence electrons. The molecule has 0 aliphatic carbocycles. The lowest BCUT2D eigenvalue weighted by atomic mass is 10.1. The van der Waals surface area contributed by atoms with Crippen molar-refractivity contribution in [1.29, 1.82) is 0 Å². The molecule has 7 heteroatoms. The maximum atomic E-state index is 12.3. The summed E-state index contributed by atoms with van der Waals surface area (Å²) in [6.45, 7) is 9.38. The van der Waals surface area contributed by atoms with E-state index in [0.717, 1.165) is 0 Å². The van der Waals surface area contributed by atoms with Gasteiger partial charge in [0.25, 0.3) is 0 Å². The summed E-state index contributed by atoms with van der Waals surface area (Å²) in [5.41, 5.74) is -0.237. The Morgan fingerprint density at radius 1 is 1.43 bits per heavy atom. The summed E-state index contributed by atoms with van der Waals surface area (Å²) in [5.74, 6) is -0.470. The number of amides is 1. The maximum Gasteiger partial charge on any atom is 0.410 e. The van der Waals surface area contributed by atoms with Gasteiger partial charge >= 0.3 is 12.1 Å². The molecule has 1 rings (SSSR count). The molecule has 0 saturated carbocycles. The molecule has 0 aromatic carbocycles. The van der Waals surface area contributed by atoms with Gasteiger partial charge in [0.05, 0.1) is 18.2 Å². The predicted octanol–water partition coefficient (Wildman–Crippen LogP) is 1.88. The highest BCUT2D eigenvalue weighted by Gasteiger charge is 2.37. The van der Waals surface area contributed by atoms with Gasteiger partial charge in [0, 0.05) is 13.7 Å². The zero-order valence-electron chi connectivity index (χ0n) is 14.2. The van der Waals surface area contributed by atoms with Crippen LogP contribution in [0.2, 0.25) is 0 Å². The van der Waals surface area contributed by atoms with E-state index in [2.05, 4.69) is 6.58 Å². The topological polar surface area (TPSA) is 74.3 Å². The smallest absolute Gasteiger partial charge is 0.410 e. The van der Waals surface area contributed by atoms with E-state index in [1.165, 1.54) is 18.1 Å². The molecule has 0 spiro atoms. The average molecular weight is 327 g/mol. The third-order valence-corrected chi connectivity index (χ3v) is 2.91. The molecule has 0 bridgehead atoms. The maximum absolute atomic E-state index is 12.3. The molecule has 0 aromatic heterocycles. The van der Waals surface area contributed by atoms with Crippen LogP contribution in [0.1, 0.15) is 20.8 Å². The molecule has 0 fully saturated rings. The van der Waals surface area contributed by atoms with Gasteiger partial charge in [-0.15, -0.1) is 0 Å². The minimum absolute atomic E-state index is 0.0631. The minimum atomic E-state index is -0.618. The highest BCUT2D eigenvalue weighted by atomic mass is 16.7. The number of hydrogen-bond donors (Lipinski definition) is 0. The van der Waals surface area contributed by atoms with E-state index < -0.39 is 23.7 Å². The molecule has 0 saturated heterocycles. The first-order valence-electron chi connectivity index (χ1n) is 7.34. The number of methoxy groups -OCH3 is 1. The van der Waals surface area contributed by atoms with Crippen molar-refractivity contribution in [3.63, 3.8) is 0 Å². The van der Waals surface area contributed by atoms with Gasteiger partial charge in [-0.1, -0.05) is 18.7 Å². The molecule has 0 aromatic rings. The number of ether oxygens (including phenoxy) is 4. The van der Waals surface area contributed by atoms with Crippen molar-refractivity contribution in [2.75, 3.05) is 33.7 Å². The second kappa shape index (κ2) is 8.69. The van der Waals surface area contributed by atoms with Gasteiger partial charge in [-0.2, -0.15) is 0 Å². The Labute approximate surface area is 136 Å². The number of hydrogen-bond acceptors (Lipinski definition) is 6. The Bertz CT molecular complexity index is 466. The Hall–Kier alpha value is -1.86. The summed E-state index contributed by atoms with van der Waals surface area (Å²) in [4.78, 5) is 25.8. The molecule has 1 atom stereocenters. The number of carbonyl (C=O) groups excluding carboxylic acids is 2. The van der Waals surface area contributed by atoms with E-state index in [1.54, 1.807) is 26.8 Å². The van der Waals surface area contributed by atoms with Crippen LogP contribution in [-0.4, -0.2) is 62.3 Å². The zero-order valence-corrected chi connectivity index (χ0v) is 14.2. The summed E-state index contributed by atoms with van der Waals surface area (Å²) >= 11 is 0. The third kappa shape index (κ3) is 6.03. The molecule has 1 heterocycles. The molecule has 1 aliphatic heterocycles. The van der Waals surface area contributed by atoms with Crippen LogP contribution in [-0.2, 0) is 23.7 Å². The standard InChI is InChI=1S/C16H25NO6/c1-6-9-22-15(19)17-8-7-12(13(17)10-21-11-20-5)14(18)23-16(2,3)4/h6-7,13H,1,8-11H2,2-5H3/t13-/m0/s1. The first-order valence-corrected chi connectivity index (χ1v) is 7.34. The number of nitrogens with zero attached hydrogens (tertiary/aromatic N) is 1. The fourth-order valence-corrected chi connectivity index (χ4v) is 2.02. The second-order valence-corrected chi connectivity index (χ2v) is 5.97. The van der Waals surface area contributed by atoms with E-state index in [9.17, 15) is 9.59 Å². The molecular weight excluding hydrogens is 302 g/mol. The predicted molar refractivity (Wildman–Crippen MR) is 83.8 cm³/mol. The normalized spacial score (nSPS) is 17.7. The molecule has 1 aliphatic rings. The Kier molecular flexibility index (Phi) is 7.25. The number of rotatable bonds is 7. The van der Waals surface area contributed by atoms with Crippen LogP contribution >= 0.6 is 0 Å². The molecule has 1 amide bonds. The fourth-order valence-electron chi connectivity index (χ4n) is 2.02. The third-order valence-electron chi connectivity index (χ3n) is 2.91. The fraction of sp³-hybridized carbons (Fsp3) is 0.625. The first kappa shape index (κ1) is 19.2. The SMILES string of the molecule is C=CCOC(=O)N1CC=C(C(=O)OC(C)(C)C)[C@@H]1COCOC. The van der Waals surface area contributed by atoms with E-state index in [1.807, 2.05) is 0 Å². The van der Waals surface area contributed by atoms with Gasteiger partial charge in [0.1, 0.15) is 19.0 Å². The van der Waals surface area contributed by atoms with Crippen LogP contribution in [0.5, 0.6) is 0 Å². The van der Waals surface area contributed by atoms with Crippen molar-refractivity contribution in [3.8, 4) is 0 Å². The lowest BCUT2D eigenvalue weighted by molar-refractivity contribution is -0.150. The van der Waals surface area contributed by atoms with E-state index >= 15 is 0 Å². The Morgan fingerprint density at radius 2 is 2.13 bits per heavy atom. The van der Waals surface area contributed by atoms with Crippen molar-refractivity contribution in [2.45, 2.75) is 32.4 Å². The van der Waals surface area contributed by atoms with Crippen molar-refractivity contribution < 1.29 is 28.5 Å². The van der Waals surface area contributed by atoms with Gasteiger partial charge in [-0.05, 0) is 20.8 Å². The van der Waals surface area contributed by atoms with Gasteiger partial charge < -0.3 is 18.9 Å². The molecule has 0 unspecified atom stereocenters. The number of carbonyl (C=O) groups is 2. The highest BCUT2D eigenvalue weighted by Crippen LogP contribution is 2.23. The molecule has 23 heavy (non-hydrogen) atoms. The van der Waals surface area contributed by atoms with Crippen LogP contribution in [0, 0.1) is 0 Å². The van der Waals surface area contributed by atoms with Crippen molar-refractivity contribution in [2.24, 2.45) is 0 Å². The summed E-state index contributed by atoms with van der Waals surface area (Å²) < 4.78 is 20.6. The second-order valence-electron chi connectivity index (χ2n) is 5.97. The zero-order chi connectivity index (χ0) is 17.5. The largest absolute Gasteiger partial charge is 0.457 e. The Morgan fingerprint density at radius 3 is 2.70 bits per heavy atom. The lowest BCUT2D eigenvalue weighted by Gasteiger charge is -2.27. The summed E-state index contributed by atoms with van der Waals surface area (Å²) in [7, 11) is 1.50. The van der Waals surface area contributed by atoms with Gasteiger partial charge in [0.15, 0.2) is 0 Å². The minimum Gasteiger partial charge on any atom is -0.457 e. The van der Waals surface area contributed by atoms with Crippen LogP contribution in [0.15, 0.2) is 24.3 Å². The van der Waals surface area contributed by atoms with Gasteiger partial charge in [0.2, 0.25) is 0 Å². The first-order chi connectivity index (χ1) is 10.8. The van der Waals surface area contributed by atoms with Crippen LogP contribution in [0.4, 0.5) is 4.79 Å². The highest BCUT2D eigenvalue weighted by molar-refractivity contribution is 5.92. The van der Waals surface area contributed by atoms with Crippen molar-refractivity contribution in [1.82, 2.24) is 4.90 Å². The van der Waals surface area contributed by atoms with E-state index in [0.29, 0.717) is 5.57 Å². The van der Waals surface area contributed by atoms with E-state index in [-0.39, 0.29) is 26.6 Å². The Balaban J connectivity index is 2.81.